The summed E-state index contributed by atoms with van der Waals surface area (Å²) in [5, 5.41) is 9.38. The molecule has 1 atom stereocenters. The monoisotopic (exact) mass is 449 g/mol. The van der Waals surface area contributed by atoms with Crippen LogP contribution in [0.15, 0.2) is 47.5 Å². The van der Waals surface area contributed by atoms with Gasteiger partial charge in [0, 0.05) is 17.3 Å². The number of amides is 1. The van der Waals surface area contributed by atoms with Crippen molar-refractivity contribution in [2.24, 2.45) is 4.99 Å². The van der Waals surface area contributed by atoms with Gasteiger partial charge in [0.2, 0.25) is 0 Å². The van der Waals surface area contributed by atoms with Gasteiger partial charge < -0.3 is 9.47 Å². The van der Waals surface area contributed by atoms with Crippen LogP contribution in [0.2, 0.25) is 5.02 Å². The van der Waals surface area contributed by atoms with E-state index in [4.69, 9.17) is 31.3 Å². The maximum absolute atomic E-state index is 13.0. The minimum atomic E-state index is -0.443. The van der Waals surface area contributed by atoms with E-state index >= 15 is 0 Å². The summed E-state index contributed by atoms with van der Waals surface area (Å²) >= 11 is 6.20. The molecule has 1 amide bonds. The number of nitriles is 1. The molecule has 0 aliphatic carbocycles. The van der Waals surface area contributed by atoms with E-state index in [1.807, 2.05) is 43.3 Å². The first-order chi connectivity index (χ1) is 15.5. The SMILES string of the molecule is CC#CCOC(=O)N1CCCc2cc(Cl)ccc2N=C(C)C1c1ccc(OCC#N)cc1. The van der Waals surface area contributed by atoms with E-state index in [1.54, 1.807) is 24.0 Å². The van der Waals surface area contributed by atoms with Crippen LogP contribution >= 0.6 is 11.6 Å². The van der Waals surface area contributed by atoms with Crippen molar-refractivity contribution in [3.8, 4) is 23.7 Å². The summed E-state index contributed by atoms with van der Waals surface area (Å²) < 4.78 is 10.8. The highest BCUT2D eigenvalue weighted by Gasteiger charge is 2.30. The first kappa shape index (κ1) is 23.2. The summed E-state index contributed by atoms with van der Waals surface area (Å²) in [7, 11) is 0. The Labute approximate surface area is 193 Å². The lowest BCUT2D eigenvalue weighted by atomic mass is 10.0. The molecule has 0 saturated carbocycles. The maximum atomic E-state index is 13.0. The number of hydrogen-bond acceptors (Lipinski definition) is 5. The number of fused-ring (bicyclic) bond motifs is 1. The number of halogens is 1. The van der Waals surface area contributed by atoms with E-state index in [9.17, 15) is 4.79 Å². The van der Waals surface area contributed by atoms with Gasteiger partial charge in [-0.25, -0.2) is 4.79 Å². The lowest BCUT2D eigenvalue weighted by Gasteiger charge is -2.31. The van der Waals surface area contributed by atoms with Crippen molar-refractivity contribution < 1.29 is 14.3 Å². The molecule has 0 fully saturated rings. The molecule has 3 rings (SSSR count). The van der Waals surface area contributed by atoms with Gasteiger partial charge in [-0.15, -0.1) is 5.92 Å². The number of aliphatic imine (C=N–C) groups is 1. The zero-order chi connectivity index (χ0) is 22.9. The van der Waals surface area contributed by atoms with Crippen LogP contribution in [0.3, 0.4) is 0 Å². The van der Waals surface area contributed by atoms with Crippen molar-refractivity contribution in [1.29, 1.82) is 5.26 Å². The smallest absolute Gasteiger partial charge is 0.411 e. The number of ether oxygens (including phenoxy) is 2. The number of rotatable bonds is 4. The second-order valence-corrected chi connectivity index (χ2v) is 7.66. The summed E-state index contributed by atoms with van der Waals surface area (Å²) in [5.74, 6) is 6.08. The van der Waals surface area contributed by atoms with Gasteiger partial charge in [-0.3, -0.25) is 9.89 Å². The first-order valence-corrected chi connectivity index (χ1v) is 10.7. The van der Waals surface area contributed by atoms with Crippen molar-refractivity contribution in [1.82, 2.24) is 4.90 Å². The van der Waals surface area contributed by atoms with Crippen molar-refractivity contribution in [3.05, 3.63) is 58.6 Å². The third kappa shape index (κ3) is 5.81. The molecule has 1 unspecified atom stereocenters. The quantitative estimate of drug-likeness (QED) is 0.579. The first-order valence-electron chi connectivity index (χ1n) is 10.3. The third-order valence-electron chi connectivity index (χ3n) is 5.07. The van der Waals surface area contributed by atoms with Crippen molar-refractivity contribution >= 4 is 29.1 Å². The number of nitrogens with zero attached hydrogens (tertiary/aromatic N) is 3. The zero-order valence-electron chi connectivity index (χ0n) is 18.1. The summed E-state index contributed by atoms with van der Waals surface area (Å²) in [6.45, 7) is 4.09. The molecule has 1 heterocycles. The predicted molar refractivity (Wildman–Crippen MR) is 124 cm³/mol. The van der Waals surface area contributed by atoms with Gasteiger partial charge in [0.25, 0.3) is 0 Å². The summed E-state index contributed by atoms with van der Waals surface area (Å²) in [4.78, 5) is 19.6. The lowest BCUT2D eigenvalue weighted by molar-refractivity contribution is 0.106. The lowest BCUT2D eigenvalue weighted by Crippen LogP contribution is -2.39. The molecule has 32 heavy (non-hydrogen) atoms. The molecule has 7 heteroatoms. The third-order valence-corrected chi connectivity index (χ3v) is 5.30. The van der Waals surface area contributed by atoms with Crippen LogP contribution in [0.25, 0.3) is 0 Å². The fraction of sp³-hybridized carbons (Fsp3) is 0.320. The van der Waals surface area contributed by atoms with E-state index in [1.165, 1.54) is 0 Å². The van der Waals surface area contributed by atoms with Gasteiger partial charge in [-0.05, 0) is 68.1 Å². The molecule has 1 aliphatic rings. The normalized spacial score (nSPS) is 15.5. The maximum Gasteiger partial charge on any atom is 0.411 e. The average Bonchev–Trinajstić information content (AvgIpc) is 2.85. The molecule has 0 radical (unpaired) electrons. The van der Waals surface area contributed by atoms with Gasteiger partial charge in [0.05, 0.1) is 11.7 Å². The van der Waals surface area contributed by atoms with E-state index < -0.39 is 12.1 Å². The van der Waals surface area contributed by atoms with Crippen molar-refractivity contribution in [3.63, 3.8) is 0 Å². The second-order valence-electron chi connectivity index (χ2n) is 7.22. The molecule has 2 aromatic rings. The Morgan fingerprint density at radius 3 is 2.75 bits per heavy atom. The van der Waals surface area contributed by atoms with Crippen molar-refractivity contribution in [2.75, 3.05) is 19.8 Å². The zero-order valence-corrected chi connectivity index (χ0v) is 18.9. The molecule has 0 N–H and O–H groups in total. The van der Waals surface area contributed by atoms with Crippen LogP contribution < -0.4 is 4.74 Å². The van der Waals surface area contributed by atoms with E-state index in [0.29, 0.717) is 17.3 Å². The Bertz CT molecular complexity index is 1090. The Balaban J connectivity index is 2.01. The second kappa shape index (κ2) is 11.2. The molecule has 0 spiro atoms. The van der Waals surface area contributed by atoms with Gasteiger partial charge in [-0.2, -0.15) is 5.26 Å². The van der Waals surface area contributed by atoms with Crippen LogP contribution in [-0.4, -0.2) is 36.5 Å². The van der Waals surface area contributed by atoms with E-state index in [2.05, 4.69) is 11.8 Å². The van der Waals surface area contributed by atoms with Crippen LogP contribution in [-0.2, 0) is 11.2 Å². The minimum absolute atomic E-state index is 0.0283. The summed E-state index contributed by atoms with van der Waals surface area (Å²) in [6.07, 6.45) is 1.02. The van der Waals surface area contributed by atoms with Crippen LogP contribution in [0, 0.1) is 23.2 Å². The molecule has 0 saturated heterocycles. The molecule has 0 bridgehead atoms. The van der Waals surface area contributed by atoms with E-state index in [-0.39, 0.29) is 13.2 Å². The van der Waals surface area contributed by atoms with Crippen molar-refractivity contribution in [2.45, 2.75) is 32.7 Å². The fourth-order valence-corrected chi connectivity index (χ4v) is 3.84. The van der Waals surface area contributed by atoms with Gasteiger partial charge in [0.15, 0.2) is 13.2 Å². The number of benzene rings is 2. The summed E-state index contributed by atoms with van der Waals surface area (Å²) in [6, 6.07) is 14.5. The number of aryl methyl sites for hydroxylation is 1. The molecule has 2 aromatic carbocycles. The molecular weight excluding hydrogens is 426 g/mol. The molecule has 1 aliphatic heterocycles. The Morgan fingerprint density at radius 2 is 2.03 bits per heavy atom. The van der Waals surface area contributed by atoms with Crippen LogP contribution in [0.1, 0.15) is 37.4 Å². The highest BCUT2D eigenvalue weighted by atomic mass is 35.5. The van der Waals surface area contributed by atoms with E-state index in [0.717, 1.165) is 35.4 Å². The fourth-order valence-electron chi connectivity index (χ4n) is 3.64. The minimum Gasteiger partial charge on any atom is -0.479 e. The van der Waals surface area contributed by atoms with Gasteiger partial charge in [-0.1, -0.05) is 29.7 Å². The largest absolute Gasteiger partial charge is 0.479 e. The Hall–Kier alpha value is -3.48. The highest BCUT2D eigenvalue weighted by Crippen LogP contribution is 2.32. The number of carbonyl (C=O) groups excluding carboxylic acids is 1. The Kier molecular flexibility index (Phi) is 8.14. The topological polar surface area (TPSA) is 74.9 Å². The molecule has 164 valence electrons. The Morgan fingerprint density at radius 1 is 1.25 bits per heavy atom. The number of carbonyl (C=O) groups is 1. The molecular formula is C25H24ClN3O3. The number of hydrogen-bond donors (Lipinski definition) is 0. The van der Waals surface area contributed by atoms with Crippen LogP contribution in [0.4, 0.5) is 10.5 Å². The standard InChI is InChI=1S/C25H24ClN3O3/c1-3-4-15-32-25(30)29-14-5-6-20-17-21(26)9-12-23(20)28-18(2)24(29)19-7-10-22(11-8-19)31-16-13-27/h7-12,17,24H,5-6,14-16H2,1-2H3. The van der Waals surface area contributed by atoms with Gasteiger partial charge >= 0.3 is 6.09 Å². The molecule has 0 aromatic heterocycles. The molecule has 6 nitrogen and oxygen atoms in total. The highest BCUT2D eigenvalue weighted by molar-refractivity contribution is 6.30. The summed E-state index contributed by atoms with van der Waals surface area (Å²) in [5.41, 5.74) is 3.51. The van der Waals surface area contributed by atoms with Gasteiger partial charge in [0.1, 0.15) is 11.8 Å². The predicted octanol–water partition coefficient (Wildman–Crippen LogP) is 5.48. The van der Waals surface area contributed by atoms with Crippen LogP contribution in [0.5, 0.6) is 5.75 Å². The average molecular weight is 450 g/mol.